The van der Waals surface area contributed by atoms with Gasteiger partial charge in [0, 0.05) is 10.1 Å². The SMILES string of the molecule is C=CC1=C(OC)NC(Cl)C=C1C(=C)Br. The van der Waals surface area contributed by atoms with Crippen molar-refractivity contribution in [1.82, 2.24) is 5.32 Å². The standard InChI is InChI=1S/C10H11BrClNO/c1-4-7-8(6(2)11)5-9(12)13-10(7)14-3/h4-5,9,13H,1-2H2,3H3. The van der Waals surface area contributed by atoms with Gasteiger partial charge in [0.1, 0.15) is 5.50 Å². The number of dihydropyridines is 1. The number of hydrogen-bond donors (Lipinski definition) is 1. The highest BCUT2D eigenvalue weighted by Crippen LogP contribution is 2.30. The van der Waals surface area contributed by atoms with Crippen molar-refractivity contribution >= 4 is 27.5 Å². The van der Waals surface area contributed by atoms with Crippen LogP contribution >= 0.6 is 27.5 Å². The smallest absolute Gasteiger partial charge is 0.195 e. The van der Waals surface area contributed by atoms with E-state index in [-0.39, 0.29) is 5.50 Å². The van der Waals surface area contributed by atoms with Crippen LogP contribution in [0.2, 0.25) is 0 Å². The van der Waals surface area contributed by atoms with Crippen LogP contribution in [-0.4, -0.2) is 12.6 Å². The Labute approximate surface area is 97.1 Å². The Balaban J connectivity index is 3.17. The molecule has 0 radical (unpaired) electrons. The molecular weight excluding hydrogens is 265 g/mol. The maximum atomic E-state index is 5.95. The average Bonchev–Trinajstić information content (AvgIpc) is 2.16. The van der Waals surface area contributed by atoms with E-state index in [1.165, 1.54) is 0 Å². The minimum Gasteiger partial charge on any atom is -0.482 e. The van der Waals surface area contributed by atoms with Crippen LogP contribution < -0.4 is 5.32 Å². The Bertz CT molecular complexity index is 333. The zero-order chi connectivity index (χ0) is 10.7. The lowest BCUT2D eigenvalue weighted by Gasteiger charge is -2.23. The molecule has 0 bridgehead atoms. The molecule has 1 atom stereocenters. The van der Waals surface area contributed by atoms with E-state index in [1.54, 1.807) is 13.2 Å². The fourth-order valence-electron chi connectivity index (χ4n) is 1.21. The van der Waals surface area contributed by atoms with Crippen molar-refractivity contribution < 1.29 is 4.74 Å². The summed E-state index contributed by atoms with van der Waals surface area (Å²) in [4.78, 5) is 0. The fourth-order valence-corrected chi connectivity index (χ4v) is 1.78. The molecule has 0 aromatic carbocycles. The predicted octanol–water partition coefficient (Wildman–Crippen LogP) is 3.03. The van der Waals surface area contributed by atoms with E-state index in [0.717, 1.165) is 15.6 Å². The monoisotopic (exact) mass is 275 g/mol. The summed E-state index contributed by atoms with van der Waals surface area (Å²) in [6, 6.07) is 0. The first-order valence-electron chi connectivity index (χ1n) is 3.98. The summed E-state index contributed by atoms with van der Waals surface area (Å²) in [6.45, 7) is 7.52. The fraction of sp³-hybridized carbons (Fsp3) is 0.200. The van der Waals surface area contributed by atoms with Crippen LogP contribution in [0.3, 0.4) is 0 Å². The molecule has 1 unspecified atom stereocenters. The van der Waals surface area contributed by atoms with Crippen LogP contribution in [0.25, 0.3) is 0 Å². The van der Waals surface area contributed by atoms with Crippen molar-refractivity contribution in [2.24, 2.45) is 0 Å². The van der Waals surface area contributed by atoms with Gasteiger partial charge in [0.2, 0.25) is 0 Å². The first-order chi connectivity index (χ1) is 6.60. The second-order valence-electron chi connectivity index (χ2n) is 2.68. The Kier molecular flexibility index (Phi) is 3.84. The van der Waals surface area contributed by atoms with E-state index in [0.29, 0.717) is 5.88 Å². The number of ether oxygens (including phenoxy) is 1. The predicted molar refractivity (Wildman–Crippen MR) is 63.2 cm³/mol. The summed E-state index contributed by atoms with van der Waals surface area (Å²) < 4.78 is 5.91. The Morgan fingerprint density at radius 2 is 2.43 bits per heavy atom. The molecular formula is C10H11BrClNO. The molecule has 0 amide bonds. The van der Waals surface area contributed by atoms with Gasteiger partial charge in [-0.25, -0.2) is 0 Å². The highest BCUT2D eigenvalue weighted by Gasteiger charge is 2.19. The number of hydrogen-bond acceptors (Lipinski definition) is 2. The minimum atomic E-state index is -0.294. The zero-order valence-corrected chi connectivity index (χ0v) is 10.2. The average molecular weight is 277 g/mol. The number of halogens is 2. The van der Waals surface area contributed by atoms with Gasteiger partial charge in [-0.1, -0.05) is 46.8 Å². The van der Waals surface area contributed by atoms with E-state index in [9.17, 15) is 0 Å². The van der Waals surface area contributed by atoms with Gasteiger partial charge in [-0.2, -0.15) is 0 Å². The summed E-state index contributed by atoms with van der Waals surface area (Å²) >= 11 is 9.27. The van der Waals surface area contributed by atoms with Crippen LogP contribution in [0.1, 0.15) is 0 Å². The van der Waals surface area contributed by atoms with Crippen molar-refractivity contribution in [3.05, 3.63) is 46.8 Å². The van der Waals surface area contributed by atoms with Gasteiger partial charge in [-0.3, -0.25) is 0 Å². The number of methoxy groups -OCH3 is 1. The molecule has 0 saturated carbocycles. The van der Waals surface area contributed by atoms with Gasteiger partial charge in [0.25, 0.3) is 0 Å². The van der Waals surface area contributed by atoms with E-state index in [2.05, 4.69) is 34.4 Å². The molecule has 76 valence electrons. The molecule has 1 aliphatic rings. The second-order valence-corrected chi connectivity index (χ2v) is 4.11. The van der Waals surface area contributed by atoms with Crippen molar-refractivity contribution in [2.45, 2.75) is 5.50 Å². The summed E-state index contributed by atoms with van der Waals surface area (Å²) in [5.41, 5.74) is 1.46. The summed E-state index contributed by atoms with van der Waals surface area (Å²) in [6.07, 6.45) is 3.55. The van der Waals surface area contributed by atoms with E-state index in [4.69, 9.17) is 16.3 Å². The molecule has 14 heavy (non-hydrogen) atoms. The van der Waals surface area contributed by atoms with Gasteiger partial charge in [0.05, 0.1) is 7.11 Å². The molecule has 1 aliphatic heterocycles. The lowest BCUT2D eigenvalue weighted by molar-refractivity contribution is 0.257. The molecule has 0 saturated heterocycles. The van der Waals surface area contributed by atoms with Crippen molar-refractivity contribution in [3.63, 3.8) is 0 Å². The van der Waals surface area contributed by atoms with E-state index >= 15 is 0 Å². The summed E-state index contributed by atoms with van der Waals surface area (Å²) in [5.74, 6) is 0.609. The lowest BCUT2D eigenvalue weighted by Crippen LogP contribution is -2.28. The Morgan fingerprint density at radius 3 is 2.86 bits per heavy atom. The third-order valence-corrected chi connectivity index (χ3v) is 2.48. The van der Waals surface area contributed by atoms with Gasteiger partial charge in [-0.05, 0) is 11.6 Å². The zero-order valence-electron chi connectivity index (χ0n) is 7.81. The van der Waals surface area contributed by atoms with Crippen LogP contribution in [0.5, 0.6) is 0 Å². The third kappa shape index (κ3) is 2.22. The maximum Gasteiger partial charge on any atom is 0.195 e. The molecule has 1 N–H and O–H groups in total. The normalized spacial score (nSPS) is 21.1. The Hall–Kier alpha value is -0.670. The highest BCUT2D eigenvalue weighted by atomic mass is 79.9. The van der Waals surface area contributed by atoms with Crippen LogP contribution in [-0.2, 0) is 4.74 Å². The van der Waals surface area contributed by atoms with Crippen molar-refractivity contribution in [1.29, 1.82) is 0 Å². The van der Waals surface area contributed by atoms with Crippen LogP contribution in [0.15, 0.2) is 46.8 Å². The first kappa shape index (κ1) is 11.4. The van der Waals surface area contributed by atoms with Gasteiger partial charge in [0.15, 0.2) is 5.88 Å². The molecule has 4 heteroatoms. The largest absolute Gasteiger partial charge is 0.482 e. The number of alkyl halides is 1. The summed E-state index contributed by atoms with van der Waals surface area (Å²) in [7, 11) is 1.58. The summed E-state index contributed by atoms with van der Waals surface area (Å²) in [5, 5.41) is 2.97. The van der Waals surface area contributed by atoms with E-state index < -0.39 is 0 Å². The highest BCUT2D eigenvalue weighted by molar-refractivity contribution is 9.11. The first-order valence-corrected chi connectivity index (χ1v) is 5.21. The van der Waals surface area contributed by atoms with Crippen LogP contribution in [0, 0.1) is 0 Å². The van der Waals surface area contributed by atoms with Crippen molar-refractivity contribution in [3.8, 4) is 0 Å². The molecule has 1 rings (SSSR count). The molecule has 0 aliphatic carbocycles. The molecule has 0 aromatic heterocycles. The van der Waals surface area contributed by atoms with Gasteiger partial charge >= 0.3 is 0 Å². The second kappa shape index (κ2) is 4.71. The quantitative estimate of drug-likeness (QED) is 0.632. The van der Waals surface area contributed by atoms with Gasteiger partial charge in [-0.15, -0.1) is 0 Å². The number of allylic oxidation sites excluding steroid dienone is 4. The van der Waals surface area contributed by atoms with E-state index in [1.807, 2.05) is 6.08 Å². The number of nitrogens with one attached hydrogen (secondary N) is 1. The minimum absolute atomic E-state index is 0.294. The van der Waals surface area contributed by atoms with Gasteiger partial charge < -0.3 is 10.1 Å². The Morgan fingerprint density at radius 1 is 1.79 bits per heavy atom. The van der Waals surface area contributed by atoms with Crippen LogP contribution in [0.4, 0.5) is 0 Å². The topological polar surface area (TPSA) is 21.3 Å². The number of rotatable bonds is 3. The third-order valence-electron chi connectivity index (χ3n) is 1.82. The molecule has 2 nitrogen and oxygen atoms in total. The maximum absolute atomic E-state index is 5.95. The molecule has 0 aromatic rings. The molecule has 0 spiro atoms. The lowest BCUT2D eigenvalue weighted by atomic mass is 10.0. The molecule has 1 heterocycles. The van der Waals surface area contributed by atoms with Crippen molar-refractivity contribution in [2.75, 3.05) is 7.11 Å². The molecule has 0 fully saturated rings.